The minimum atomic E-state index is -3.32. The Hall–Kier alpha value is -2.09. The van der Waals surface area contributed by atoms with Gasteiger partial charge in [0, 0.05) is 13.1 Å². The van der Waals surface area contributed by atoms with E-state index in [4.69, 9.17) is 5.41 Å². The monoisotopic (exact) mass is 436 g/mol. The lowest BCUT2D eigenvalue weighted by atomic mass is 10.3. The van der Waals surface area contributed by atoms with Gasteiger partial charge in [-0.15, -0.1) is 0 Å². The zero-order chi connectivity index (χ0) is 18.6. The van der Waals surface area contributed by atoms with Crippen molar-refractivity contribution in [3.05, 3.63) is 34.2 Å². The highest BCUT2D eigenvalue weighted by molar-refractivity contribution is 9.10. The van der Waals surface area contributed by atoms with Crippen LogP contribution in [0.15, 0.2) is 27.3 Å². The maximum absolute atomic E-state index is 13.3. The van der Waals surface area contributed by atoms with Crippen LogP contribution in [-0.2, 0) is 10.0 Å². The van der Waals surface area contributed by atoms with E-state index in [2.05, 4.69) is 40.9 Å². The molecule has 0 fully saturated rings. The van der Waals surface area contributed by atoms with E-state index in [0.717, 1.165) is 12.3 Å². The molecule has 0 atom stereocenters. The molecule has 0 saturated heterocycles. The van der Waals surface area contributed by atoms with Crippen molar-refractivity contribution < 1.29 is 22.6 Å². The van der Waals surface area contributed by atoms with E-state index in [1.54, 1.807) is 0 Å². The van der Waals surface area contributed by atoms with Crippen LogP contribution in [0.5, 0.6) is 0 Å². The summed E-state index contributed by atoms with van der Waals surface area (Å²) in [6.45, 7) is 0.224. The molecule has 0 radical (unpaired) electrons. The van der Waals surface area contributed by atoms with Gasteiger partial charge in [0.15, 0.2) is 11.5 Å². The van der Waals surface area contributed by atoms with Crippen molar-refractivity contribution >= 4 is 43.3 Å². The number of nitrogens with one attached hydrogen (secondary N) is 3. The van der Waals surface area contributed by atoms with Gasteiger partial charge < -0.3 is 5.32 Å². The maximum Gasteiger partial charge on any atom is 0.208 e. The molecule has 0 aliphatic carbocycles. The standard InChI is InChI=1S/C12H14BrFN6O4S/c1-25(22,23)17-5-4-16-12-10(18-24-19-12)11(15)20(21)7-2-3-9(14)8(13)6-7/h2-3,6,15,17,21H,4-5H2,1H3,(H,16,19). The first-order valence-electron chi connectivity index (χ1n) is 6.73. The molecule has 4 N–H and O–H groups in total. The first kappa shape index (κ1) is 19.2. The van der Waals surface area contributed by atoms with E-state index in [-0.39, 0.29) is 34.8 Å². The average Bonchev–Trinajstić information content (AvgIpc) is 3.00. The molecule has 10 nitrogen and oxygen atoms in total. The van der Waals surface area contributed by atoms with Gasteiger partial charge in [-0.1, -0.05) is 0 Å². The highest BCUT2D eigenvalue weighted by Gasteiger charge is 2.21. The molecule has 0 saturated carbocycles. The topological polar surface area (TPSA) is 144 Å². The lowest BCUT2D eigenvalue weighted by molar-refractivity contribution is 0.300. The fourth-order valence-electron chi connectivity index (χ4n) is 1.72. The summed E-state index contributed by atoms with van der Waals surface area (Å²) in [4.78, 5) is 0. The smallest absolute Gasteiger partial charge is 0.208 e. The Kier molecular flexibility index (Phi) is 6.05. The lowest BCUT2D eigenvalue weighted by Crippen LogP contribution is -2.30. The zero-order valence-corrected chi connectivity index (χ0v) is 15.2. The second-order valence-electron chi connectivity index (χ2n) is 4.81. The number of anilines is 2. The van der Waals surface area contributed by atoms with Gasteiger partial charge >= 0.3 is 0 Å². The number of nitrogens with zero attached hydrogens (tertiary/aromatic N) is 3. The number of halogens is 2. The highest BCUT2D eigenvalue weighted by Crippen LogP contribution is 2.24. The van der Waals surface area contributed by atoms with Gasteiger partial charge in [-0.3, -0.25) is 10.6 Å². The predicted molar refractivity (Wildman–Crippen MR) is 90.8 cm³/mol. The normalized spacial score (nSPS) is 11.4. The number of benzene rings is 1. The SMILES string of the molecule is CS(=O)(=O)NCCNc1nonc1C(=N)N(O)c1ccc(F)c(Br)c1. The highest BCUT2D eigenvalue weighted by atomic mass is 79.9. The minimum absolute atomic E-state index is 0.0422. The Morgan fingerprint density at radius 1 is 1.44 bits per heavy atom. The summed E-state index contributed by atoms with van der Waals surface area (Å²) in [6.07, 6.45) is 1.02. The molecule has 1 heterocycles. The molecular formula is C12H14BrFN6O4S. The van der Waals surface area contributed by atoms with Crippen molar-refractivity contribution in [2.45, 2.75) is 0 Å². The molecule has 0 bridgehead atoms. The van der Waals surface area contributed by atoms with E-state index in [0.29, 0.717) is 5.06 Å². The molecule has 13 heteroatoms. The van der Waals surface area contributed by atoms with Crippen molar-refractivity contribution in [1.29, 1.82) is 5.41 Å². The van der Waals surface area contributed by atoms with Crippen LogP contribution in [0, 0.1) is 11.2 Å². The van der Waals surface area contributed by atoms with Crippen LogP contribution < -0.4 is 15.1 Å². The van der Waals surface area contributed by atoms with E-state index in [1.165, 1.54) is 12.1 Å². The molecule has 2 rings (SSSR count). The number of hydrogen-bond acceptors (Lipinski definition) is 8. The fraction of sp³-hybridized carbons (Fsp3) is 0.250. The quantitative estimate of drug-likeness (QED) is 0.219. The third kappa shape index (κ3) is 5.19. The van der Waals surface area contributed by atoms with Crippen LogP contribution in [0.2, 0.25) is 0 Å². The van der Waals surface area contributed by atoms with Gasteiger partial charge in [0.25, 0.3) is 0 Å². The first-order valence-corrected chi connectivity index (χ1v) is 9.41. The Morgan fingerprint density at radius 2 is 2.16 bits per heavy atom. The van der Waals surface area contributed by atoms with Crippen molar-refractivity contribution in [3.63, 3.8) is 0 Å². The summed E-state index contributed by atoms with van der Waals surface area (Å²) in [5, 5.41) is 28.4. The van der Waals surface area contributed by atoms with Crippen molar-refractivity contribution in [3.8, 4) is 0 Å². The summed E-state index contributed by atoms with van der Waals surface area (Å²) >= 11 is 2.99. The minimum Gasteiger partial charge on any atom is -0.364 e. The molecule has 1 aromatic carbocycles. The van der Waals surface area contributed by atoms with Gasteiger partial charge in [0.2, 0.25) is 15.8 Å². The van der Waals surface area contributed by atoms with E-state index < -0.39 is 21.7 Å². The lowest BCUT2D eigenvalue weighted by Gasteiger charge is -2.16. The third-order valence-corrected chi connectivity index (χ3v) is 4.19. The molecule has 1 aromatic heterocycles. The summed E-state index contributed by atoms with van der Waals surface area (Å²) in [6, 6.07) is 3.67. The predicted octanol–water partition coefficient (Wildman–Crippen LogP) is 1.15. The molecule has 136 valence electrons. The second-order valence-corrected chi connectivity index (χ2v) is 7.50. The number of hydrogen-bond donors (Lipinski definition) is 4. The second kappa shape index (κ2) is 7.86. The molecule has 0 aliphatic rings. The van der Waals surface area contributed by atoms with Crippen molar-refractivity contribution in [1.82, 2.24) is 15.0 Å². The fourth-order valence-corrected chi connectivity index (χ4v) is 2.56. The van der Waals surface area contributed by atoms with E-state index in [9.17, 15) is 18.0 Å². The average molecular weight is 437 g/mol. The molecule has 25 heavy (non-hydrogen) atoms. The first-order chi connectivity index (χ1) is 11.7. The number of amidine groups is 1. The summed E-state index contributed by atoms with van der Waals surface area (Å²) in [5.74, 6) is -0.952. The zero-order valence-electron chi connectivity index (χ0n) is 12.8. The Bertz CT molecular complexity index is 874. The molecule has 0 aliphatic heterocycles. The molecule has 0 spiro atoms. The number of aromatic nitrogens is 2. The van der Waals surface area contributed by atoms with Gasteiger partial charge in [0.1, 0.15) is 5.82 Å². The van der Waals surface area contributed by atoms with Crippen LogP contribution in [0.1, 0.15) is 5.69 Å². The summed E-state index contributed by atoms with van der Waals surface area (Å²) in [7, 11) is -3.32. The van der Waals surface area contributed by atoms with Gasteiger partial charge in [-0.05, 0) is 44.4 Å². The van der Waals surface area contributed by atoms with E-state index in [1.807, 2.05) is 0 Å². The van der Waals surface area contributed by atoms with Crippen LogP contribution in [0.3, 0.4) is 0 Å². The van der Waals surface area contributed by atoms with Crippen LogP contribution in [-0.4, -0.2) is 49.1 Å². The van der Waals surface area contributed by atoms with E-state index >= 15 is 0 Å². The van der Waals surface area contributed by atoms with Crippen molar-refractivity contribution in [2.24, 2.45) is 0 Å². The number of rotatable bonds is 7. The largest absolute Gasteiger partial charge is 0.364 e. The van der Waals surface area contributed by atoms with Gasteiger partial charge in [-0.25, -0.2) is 27.2 Å². The molecule has 0 unspecified atom stereocenters. The third-order valence-electron chi connectivity index (χ3n) is 2.85. The van der Waals surface area contributed by atoms with Crippen molar-refractivity contribution in [2.75, 3.05) is 29.7 Å². The van der Waals surface area contributed by atoms with Gasteiger partial charge in [0.05, 0.1) is 16.4 Å². The van der Waals surface area contributed by atoms with Crippen LogP contribution in [0.25, 0.3) is 0 Å². The van der Waals surface area contributed by atoms with Crippen LogP contribution >= 0.6 is 15.9 Å². The molecular weight excluding hydrogens is 423 g/mol. The maximum atomic E-state index is 13.3. The van der Waals surface area contributed by atoms with Crippen LogP contribution in [0.4, 0.5) is 15.9 Å². The summed E-state index contributed by atoms with van der Waals surface area (Å²) < 4.78 is 42.1. The number of hydroxylamine groups is 1. The number of sulfonamides is 1. The Morgan fingerprint density at radius 3 is 2.80 bits per heavy atom. The van der Waals surface area contributed by atoms with Gasteiger partial charge in [-0.2, -0.15) is 0 Å². The Balaban J connectivity index is 2.07. The molecule has 0 amide bonds. The summed E-state index contributed by atoms with van der Waals surface area (Å²) in [5.41, 5.74) is 0.00766. The molecule has 2 aromatic rings. The Labute approximate surface area is 150 Å².